The molecule has 1 fully saturated rings. The van der Waals surface area contributed by atoms with Crippen LogP contribution < -0.4 is 5.32 Å². The maximum Gasteiger partial charge on any atom is 0.252 e. The van der Waals surface area contributed by atoms with Gasteiger partial charge in [0.1, 0.15) is 4.21 Å². The SMILES string of the molecule is Cc1cc(Br)ccc1NC(=O)CC1CCCCN1S(=O)(=O)c1cccs1. The van der Waals surface area contributed by atoms with Crippen molar-refractivity contribution in [3.8, 4) is 0 Å². The number of nitrogens with zero attached hydrogens (tertiary/aromatic N) is 1. The van der Waals surface area contributed by atoms with Gasteiger partial charge in [0.05, 0.1) is 0 Å². The Bertz CT molecular complexity index is 882. The van der Waals surface area contributed by atoms with Gasteiger partial charge in [-0.25, -0.2) is 8.42 Å². The molecule has 1 saturated heterocycles. The van der Waals surface area contributed by atoms with Gasteiger partial charge in [0.25, 0.3) is 10.0 Å². The van der Waals surface area contributed by atoms with Crippen LogP contribution in [0.5, 0.6) is 0 Å². The number of thiophene rings is 1. The van der Waals surface area contributed by atoms with Crippen LogP contribution in [0.2, 0.25) is 0 Å². The number of carbonyl (C=O) groups is 1. The molecular formula is C18H21BrN2O3S2. The van der Waals surface area contributed by atoms with Gasteiger partial charge in [0, 0.05) is 29.2 Å². The summed E-state index contributed by atoms with van der Waals surface area (Å²) < 4.78 is 28.6. The fraction of sp³-hybridized carbons (Fsp3) is 0.389. The maximum atomic E-state index is 12.9. The second-order valence-electron chi connectivity index (χ2n) is 6.41. The average molecular weight is 457 g/mol. The predicted octanol–water partition coefficient (Wildman–Crippen LogP) is 4.39. The van der Waals surface area contributed by atoms with Crippen LogP contribution in [-0.4, -0.2) is 31.2 Å². The molecule has 1 atom stereocenters. The van der Waals surface area contributed by atoms with E-state index < -0.39 is 10.0 Å². The van der Waals surface area contributed by atoms with Gasteiger partial charge in [-0.2, -0.15) is 4.31 Å². The van der Waals surface area contributed by atoms with Gasteiger partial charge in [-0.3, -0.25) is 4.79 Å². The molecule has 1 amide bonds. The molecule has 2 aromatic rings. The number of piperidine rings is 1. The molecule has 1 aliphatic heterocycles. The smallest absolute Gasteiger partial charge is 0.252 e. The first-order chi connectivity index (χ1) is 12.4. The zero-order chi connectivity index (χ0) is 18.7. The topological polar surface area (TPSA) is 66.5 Å². The third-order valence-electron chi connectivity index (χ3n) is 4.51. The molecule has 26 heavy (non-hydrogen) atoms. The van der Waals surface area contributed by atoms with E-state index in [0.29, 0.717) is 17.2 Å². The lowest BCUT2D eigenvalue weighted by Crippen LogP contribution is -2.45. The van der Waals surface area contributed by atoms with Gasteiger partial charge in [0.2, 0.25) is 5.91 Å². The molecule has 0 spiro atoms. The molecule has 8 heteroatoms. The first-order valence-electron chi connectivity index (χ1n) is 8.49. The van der Waals surface area contributed by atoms with E-state index in [1.165, 1.54) is 15.6 Å². The number of sulfonamides is 1. The molecule has 1 unspecified atom stereocenters. The Morgan fingerprint density at radius 3 is 2.85 bits per heavy atom. The summed E-state index contributed by atoms with van der Waals surface area (Å²) in [6, 6.07) is 8.71. The van der Waals surface area contributed by atoms with Crippen LogP contribution in [0.4, 0.5) is 5.69 Å². The minimum absolute atomic E-state index is 0.159. The molecule has 0 aliphatic carbocycles. The van der Waals surface area contributed by atoms with E-state index >= 15 is 0 Å². The van der Waals surface area contributed by atoms with Gasteiger partial charge in [-0.15, -0.1) is 11.3 Å². The lowest BCUT2D eigenvalue weighted by molar-refractivity contribution is -0.117. The van der Waals surface area contributed by atoms with Crippen LogP contribution >= 0.6 is 27.3 Å². The highest BCUT2D eigenvalue weighted by Gasteiger charge is 2.35. The van der Waals surface area contributed by atoms with E-state index in [4.69, 9.17) is 0 Å². The molecule has 2 heterocycles. The van der Waals surface area contributed by atoms with Crippen molar-refractivity contribution >= 4 is 48.9 Å². The van der Waals surface area contributed by atoms with Crippen molar-refractivity contribution in [2.24, 2.45) is 0 Å². The van der Waals surface area contributed by atoms with Gasteiger partial charge in [-0.05, 0) is 55.0 Å². The maximum absolute atomic E-state index is 12.9. The molecule has 0 saturated carbocycles. The third kappa shape index (κ3) is 4.36. The summed E-state index contributed by atoms with van der Waals surface area (Å²) >= 11 is 4.62. The fourth-order valence-corrected chi connectivity index (χ4v) is 6.49. The molecule has 1 aromatic carbocycles. The molecule has 0 radical (unpaired) electrons. The van der Waals surface area contributed by atoms with Crippen LogP contribution in [0.1, 0.15) is 31.2 Å². The van der Waals surface area contributed by atoms with E-state index in [2.05, 4.69) is 21.2 Å². The first-order valence-corrected chi connectivity index (χ1v) is 11.6. The molecule has 5 nitrogen and oxygen atoms in total. The minimum Gasteiger partial charge on any atom is -0.326 e. The Labute approximate surface area is 166 Å². The van der Waals surface area contributed by atoms with Gasteiger partial charge in [-0.1, -0.05) is 28.4 Å². The van der Waals surface area contributed by atoms with E-state index in [9.17, 15) is 13.2 Å². The molecular weight excluding hydrogens is 436 g/mol. The molecule has 3 rings (SSSR count). The van der Waals surface area contributed by atoms with Crippen LogP contribution in [-0.2, 0) is 14.8 Å². The highest BCUT2D eigenvalue weighted by atomic mass is 79.9. The normalized spacial score (nSPS) is 18.6. The summed E-state index contributed by atoms with van der Waals surface area (Å²) in [5.74, 6) is -0.159. The summed E-state index contributed by atoms with van der Waals surface area (Å²) in [5.41, 5.74) is 1.71. The summed E-state index contributed by atoms with van der Waals surface area (Å²) in [7, 11) is -3.53. The summed E-state index contributed by atoms with van der Waals surface area (Å²) in [6.07, 6.45) is 2.64. The molecule has 1 aliphatic rings. The van der Waals surface area contributed by atoms with Gasteiger partial charge < -0.3 is 5.32 Å². The lowest BCUT2D eigenvalue weighted by Gasteiger charge is -2.34. The van der Waals surface area contributed by atoms with Crippen molar-refractivity contribution in [2.75, 3.05) is 11.9 Å². The zero-order valence-electron chi connectivity index (χ0n) is 14.4. The summed E-state index contributed by atoms with van der Waals surface area (Å²) in [5, 5.41) is 4.67. The van der Waals surface area contributed by atoms with Crippen molar-refractivity contribution in [1.29, 1.82) is 0 Å². The lowest BCUT2D eigenvalue weighted by atomic mass is 10.0. The Morgan fingerprint density at radius 1 is 1.35 bits per heavy atom. The van der Waals surface area contributed by atoms with E-state index in [1.54, 1.807) is 17.5 Å². The number of rotatable bonds is 5. The Hall–Kier alpha value is -1.22. The van der Waals surface area contributed by atoms with E-state index in [-0.39, 0.29) is 18.4 Å². The number of anilines is 1. The number of hydrogen-bond acceptors (Lipinski definition) is 4. The number of benzene rings is 1. The number of hydrogen-bond donors (Lipinski definition) is 1. The Morgan fingerprint density at radius 2 is 2.15 bits per heavy atom. The van der Waals surface area contributed by atoms with Crippen LogP contribution in [0.3, 0.4) is 0 Å². The van der Waals surface area contributed by atoms with Crippen LogP contribution in [0, 0.1) is 6.92 Å². The predicted molar refractivity (Wildman–Crippen MR) is 108 cm³/mol. The second kappa shape index (κ2) is 8.21. The van der Waals surface area contributed by atoms with Crippen LogP contribution in [0.15, 0.2) is 44.4 Å². The van der Waals surface area contributed by atoms with Crippen LogP contribution in [0.25, 0.3) is 0 Å². The number of halogens is 1. The standard InChI is InChI=1S/C18H21BrN2O3S2/c1-13-11-14(19)7-8-16(13)20-17(22)12-15-5-2-3-9-21(15)26(23,24)18-6-4-10-25-18/h4,6-8,10-11,15H,2-3,5,9,12H2,1H3,(H,20,22). The van der Waals surface area contributed by atoms with Crippen molar-refractivity contribution < 1.29 is 13.2 Å². The minimum atomic E-state index is -3.53. The highest BCUT2D eigenvalue weighted by molar-refractivity contribution is 9.10. The van der Waals surface area contributed by atoms with Gasteiger partial charge >= 0.3 is 0 Å². The van der Waals surface area contributed by atoms with Crippen molar-refractivity contribution in [1.82, 2.24) is 4.31 Å². The highest BCUT2D eigenvalue weighted by Crippen LogP contribution is 2.29. The number of aryl methyl sites for hydroxylation is 1. The fourth-order valence-electron chi connectivity index (χ4n) is 3.20. The first kappa shape index (κ1) is 19.5. The molecule has 1 N–H and O–H groups in total. The van der Waals surface area contributed by atoms with Gasteiger partial charge in [0.15, 0.2) is 0 Å². The van der Waals surface area contributed by atoms with E-state index in [1.807, 2.05) is 25.1 Å². The third-order valence-corrected chi connectivity index (χ3v) is 8.33. The average Bonchev–Trinajstić information content (AvgIpc) is 3.13. The second-order valence-corrected chi connectivity index (χ2v) is 10.4. The number of amides is 1. The van der Waals surface area contributed by atoms with Crippen molar-refractivity contribution in [3.05, 3.63) is 45.7 Å². The number of nitrogens with one attached hydrogen (secondary N) is 1. The summed E-state index contributed by atoms with van der Waals surface area (Å²) in [4.78, 5) is 12.5. The quantitative estimate of drug-likeness (QED) is 0.724. The zero-order valence-corrected chi connectivity index (χ0v) is 17.7. The molecule has 0 bridgehead atoms. The molecule has 1 aromatic heterocycles. The Balaban J connectivity index is 1.73. The van der Waals surface area contributed by atoms with Crippen molar-refractivity contribution in [3.63, 3.8) is 0 Å². The van der Waals surface area contributed by atoms with E-state index in [0.717, 1.165) is 28.6 Å². The Kier molecular flexibility index (Phi) is 6.17. The number of carbonyl (C=O) groups excluding carboxylic acids is 1. The summed E-state index contributed by atoms with van der Waals surface area (Å²) in [6.45, 7) is 2.39. The molecule has 140 valence electrons. The largest absolute Gasteiger partial charge is 0.326 e. The monoisotopic (exact) mass is 456 g/mol. The van der Waals surface area contributed by atoms with Crippen molar-refractivity contribution in [2.45, 2.75) is 42.9 Å².